The van der Waals surface area contributed by atoms with Gasteiger partial charge in [-0.3, -0.25) is 9.78 Å². The largest absolute Gasteiger partial charge is 0.296 e. The third kappa shape index (κ3) is 1.65. The van der Waals surface area contributed by atoms with E-state index in [2.05, 4.69) is 4.98 Å². The summed E-state index contributed by atoms with van der Waals surface area (Å²) in [7, 11) is 0. The normalized spacial score (nSPS) is 9.85. The molecule has 0 saturated carbocycles. The molecule has 0 spiro atoms. The number of hydrogen-bond donors (Lipinski definition) is 0. The van der Waals surface area contributed by atoms with Gasteiger partial charge in [0.2, 0.25) is 0 Å². The van der Waals surface area contributed by atoms with Crippen molar-refractivity contribution in [2.45, 2.75) is 0 Å². The fourth-order valence-corrected chi connectivity index (χ4v) is 1.78. The molecule has 0 radical (unpaired) electrons. The van der Waals surface area contributed by atoms with E-state index in [9.17, 15) is 4.79 Å². The molecule has 0 aliphatic rings. The molecule has 3 heteroatoms. The van der Waals surface area contributed by atoms with Gasteiger partial charge in [-0.25, -0.2) is 0 Å². The molecule has 0 atom stereocenters. The number of nitrogens with zero attached hydrogens (tertiary/aromatic N) is 1. The van der Waals surface area contributed by atoms with Gasteiger partial charge in [-0.15, -0.1) is 11.3 Å². The average Bonchev–Trinajstić information content (AvgIpc) is 2.71. The molecule has 0 fully saturated rings. The van der Waals surface area contributed by atoms with E-state index in [1.165, 1.54) is 4.88 Å². The molecule has 2 nitrogen and oxygen atoms in total. The van der Waals surface area contributed by atoms with Crippen LogP contribution in [0, 0.1) is 0 Å². The van der Waals surface area contributed by atoms with Gasteiger partial charge >= 0.3 is 0 Å². The maximum atomic E-state index is 10.3. The number of aromatic nitrogens is 1. The van der Waals surface area contributed by atoms with Crippen LogP contribution < -0.4 is 0 Å². The lowest BCUT2D eigenvalue weighted by Crippen LogP contribution is -1.84. The molecule has 0 bridgehead atoms. The quantitative estimate of drug-likeness (QED) is 0.680. The smallest absolute Gasteiger partial charge is 0.168 e. The summed E-state index contributed by atoms with van der Waals surface area (Å²) in [5, 5.41) is 2.02. The highest BCUT2D eigenvalue weighted by atomic mass is 32.1. The highest BCUT2D eigenvalue weighted by Gasteiger charge is 1.98. The van der Waals surface area contributed by atoms with Crippen molar-refractivity contribution >= 4 is 17.6 Å². The summed E-state index contributed by atoms with van der Waals surface area (Å²) in [5.74, 6) is 0. The van der Waals surface area contributed by atoms with Crippen molar-refractivity contribution in [1.29, 1.82) is 0 Å². The maximum absolute atomic E-state index is 10.3. The average molecular weight is 189 g/mol. The zero-order valence-electron chi connectivity index (χ0n) is 6.81. The van der Waals surface area contributed by atoms with Crippen LogP contribution in [-0.2, 0) is 0 Å². The number of thiophene rings is 1. The monoisotopic (exact) mass is 189 g/mol. The van der Waals surface area contributed by atoms with E-state index in [-0.39, 0.29) is 0 Å². The first kappa shape index (κ1) is 8.13. The molecule has 0 amide bonds. The molecule has 0 saturated heterocycles. The first-order chi connectivity index (χ1) is 6.40. The summed E-state index contributed by atoms with van der Waals surface area (Å²) in [6, 6.07) is 7.65. The van der Waals surface area contributed by atoms with Crippen LogP contribution >= 0.6 is 11.3 Å². The molecule has 2 aromatic rings. The van der Waals surface area contributed by atoms with E-state index in [1.807, 2.05) is 23.6 Å². The molecule has 2 heterocycles. The van der Waals surface area contributed by atoms with Crippen LogP contribution in [0.2, 0.25) is 0 Å². The lowest BCUT2D eigenvalue weighted by Gasteiger charge is -1.95. The van der Waals surface area contributed by atoms with Crippen molar-refractivity contribution in [2.75, 3.05) is 0 Å². The van der Waals surface area contributed by atoms with Gasteiger partial charge in [-0.1, -0.05) is 6.07 Å². The fraction of sp³-hybridized carbons (Fsp3) is 0. The molecule has 2 rings (SSSR count). The Kier molecular flexibility index (Phi) is 2.19. The molecule has 0 aliphatic carbocycles. The third-order valence-electron chi connectivity index (χ3n) is 1.71. The van der Waals surface area contributed by atoms with Crippen molar-refractivity contribution in [3.05, 3.63) is 41.5 Å². The lowest BCUT2D eigenvalue weighted by molar-refractivity contribution is 0.111. The van der Waals surface area contributed by atoms with Gasteiger partial charge in [-0.05, 0) is 23.6 Å². The minimum absolute atomic E-state index is 0.473. The van der Waals surface area contributed by atoms with Crippen LogP contribution in [0.3, 0.4) is 0 Å². The minimum atomic E-state index is 0.473. The van der Waals surface area contributed by atoms with E-state index in [0.717, 1.165) is 11.8 Å². The summed E-state index contributed by atoms with van der Waals surface area (Å²) >= 11 is 1.66. The molecule has 13 heavy (non-hydrogen) atoms. The van der Waals surface area contributed by atoms with Gasteiger partial charge in [0.05, 0.1) is 0 Å². The number of carbonyl (C=O) groups excluding carboxylic acids is 1. The molecule has 0 unspecified atom stereocenters. The fourth-order valence-electron chi connectivity index (χ4n) is 1.06. The minimum Gasteiger partial charge on any atom is -0.296 e. The number of pyridine rings is 1. The van der Waals surface area contributed by atoms with Gasteiger partial charge < -0.3 is 0 Å². The Balaban J connectivity index is 2.38. The van der Waals surface area contributed by atoms with E-state index in [4.69, 9.17) is 0 Å². The summed E-state index contributed by atoms with van der Waals surface area (Å²) in [6.07, 6.45) is 2.47. The summed E-state index contributed by atoms with van der Waals surface area (Å²) < 4.78 is 0. The molecule has 64 valence electrons. The Morgan fingerprint density at radius 1 is 1.31 bits per heavy atom. The van der Waals surface area contributed by atoms with Gasteiger partial charge in [0.15, 0.2) is 6.29 Å². The molecule has 0 aromatic carbocycles. The Bertz CT molecular complexity index is 391. The highest BCUT2D eigenvalue weighted by molar-refractivity contribution is 7.13. The summed E-state index contributed by atoms with van der Waals surface area (Å²) in [4.78, 5) is 15.5. The standard InChI is InChI=1S/C10H7NOS/c12-7-9-4-3-8(6-11-9)10-2-1-5-13-10/h1-7H. The Hall–Kier alpha value is -1.48. The van der Waals surface area contributed by atoms with Gasteiger partial charge in [0, 0.05) is 16.6 Å². The molecule has 0 N–H and O–H groups in total. The van der Waals surface area contributed by atoms with E-state index < -0.39 is 0 Å². The van der Waals surface area contributed by atoms with Crippen LogP contribution in [0.25, 0.3) is 10.4 Å². The first-order valence-corrected chi connectivity index (χ1v) is 4.73. The van der Waals surface area contributed by atoms with E-state index in [1.54, 1.807) is 23.6 Å². The topological polar surface area (TPSA) is 30.0 Å². The van der Waals surface area contributed by atoms with Crippen molar-refractivity contribution in [3.63, 3.8) is 0 Å². The SMILES string of the molecule is O=Cc1ccc(-c2cccs2)cn1. The van der Waals surface area contributed by atoms with Crippen LogP contribution in [0.5, 0.6) is 0 Å². The highest BCUT2D eigenvalue weighted by Crippen LogP contribution is 2.23. The van der Waals surface area contributed by atoms with Crippen LogP contribution in [0.1, 0.15) is 10.5 Å². The Morgan fingerprint density at radius 3 is 2.77 bits per heavy atom. The number of aldehydes is 1. The Morgan fingerprint density at radius 2 is 2.23 bits per heavy atom. The molecule has 2 aromatic heterocycles. The van der Waals surface area contributed by atoms with Crippen molar-refractivity contribution in [1.82, 2.24) is 4.98 Å². The summed E-state index contributed by atoms with van der Waals surface area (Å²) in [6.45, 7) is 0. The van der Waals surface area contributed by atoms with Crippen molar-refractivity contribution < 1.29 is 4.79 Å². The summed E-state index contributed by atoms with van der Waals surface area (Å²) in [5.41, 5.74) is 1.53. The predicted octanol–water partition coefficient (Wildman–Crippen LogP) is 2.62. The van der Waals surface area contributed by atoms with Crippen LogP contribution in [-0.4, -0.2) is 11.3 Å². The van der Waals surface area contributed by atoms with Crippen LogP contribution in [0.15, 0.2) is 35.8 Å². The lowest BCUT2D eigenvalue weighted by atomic mass is 10.2. The molecular formula is C10H7NOS. The molecular weight excluding hydrogens is 182 g/mol. The zero-order valence-corrected chi connectivity index (χ0v) is 7.62. The number of hydrogen-bond acceptors (Lipinski definition) is 3. The third-order valence-corrected chi connectivity index (χ3v) is 2.63. The predicted molar refractivity (Wildman–Crippen MR) is 52.9 cm³/mol. The second-order valence-corrected chi connectivity index (χ2v) is 3.51. The number of carbonyl (C=O) groups is 1. The van der Waals surface area contributed by atoms with Crippen molar-refractivity contribution in [3.8, 4) is 10.4 Å². The Labute approximate surface area is 79.9 Å². The maximum Gasteiger partial charge on any atom is 0.168 e. The van der Waals surface area contributed by atoms with E-state index >= 15 is 0 Å². The van der Waals surface area contributed by atoms with E-state index in [0.29, 0.717) is 5.69 Å². The first-order valence-electron chi connectivity index (χ1n) is 3.85. The second-order valence-electron chi connectivity index (χ2n) is 2.57. The van der Waals surface area contributed by atoms with Gasteiger partial charge in [0.25, 0.3) is 0 Å². The van der Waals surface area contributed by atoms with Crippen LogP contribution in [0.4, 0.5) is 0 Å². The van der Waals surface area contributed by atoms with Crippen molar-refractivity contribution in [2.24, 2.45) is 0 Å². The zero-order chi connectivity index (χ0) is 9.10. The molecule has 0 aliphatic heterocycles. The van der Waals surface area contributed by atoms with Gasteiger partial charge in [-0.2, -0.15) is 0 Å². The number of rotatable bonds is 2. The van der Waals surface area contributed by atoms with Gasteiger partial charge in [0.1, 0.15) is 5.69 Å². The second kappa shape index (κ2) is 3.49.